The van der Waals surface area contributed by atoms with Gasteiger partial charge < -0.3 is 5.73 Å². The predicted octanol–water partition coefficient (Wildman–Crippen LogP) is 1.83. The van der Waals surface area contributed by atoms with Crippen LogP contribution >= 0.6 is 12.2 Å². The van der Waals surface area contributed by atoms with Gasteiger partial charge in [-0.15, -0.1) is 0 Å². The lowest BCUT2D eigenvalue weighted by atomic mass is 10.2. The summed E-state index contributed by atoms with van der Waals surface area (Å²) in [6, 6.07) is 9.93. The number of nitrogens with two attached hydrogens (primary N) is 1. The van der Waals surface area contributed by atoms with Gasteiger partial charge in [-0.25, -0.2) is 8.42 Å². The van der Waals surface area contributed by atoms with E-state index in [1.54, 1.807) is 12.1 Å². The van der Waals surface area contributed by atoms with E-state index in [-0.39, 0.29) is 15.6 Å². The molecule has 2 aromatic rings. The van der Waals surface area contributed by atoms with Gasteiger partial charge in [0.05, 0.1) is 0 Å². The smallest absolute Gasteiger partial charge is 0.264 e. The third-order valence-corrected chi connectivity index (χ3v) is 4.20. The molecule has 104 valence electrons. The van der Waals surface area contributed by atoms with Crippen molar-refractivity contribution in [1.82, 2.24) is 4.98 Å². The van der Waals surface area contributed by atoms with Gasteiger partial charge in [-0.2, -0.15) is 0 Å². The van der Waals surface area contributed by atoms with Crippen LogP contribution in [0.3, 0.4) is 0 Å². The highest BCUT2D eigenvalue weighted by Crippen LogP contribution is 2.18. The minimum absolute atomic E-state index is 0.0342. The van der Waals surface area contributed by atoms with Crippen LogP contribution in [0, 0.1) is 6.92 Å². The molecule has 20 heavy (non-hydrogen) atoms. The van der Waals surface area contributed by atoms with E-state index >= 15 is 0 Å². The molecule has 0 amide bonds. The second-order valence-corrected chi connectivity index (χ2v) is 6.28. The van der Waals surface area contributed by atoms with Crippen molar-refractivity contribution >= 4 is 32.9 Å². The van der Waals surface area contributed by atoms with Crippen molar-refractivity contribution in [2.75, 3.05) is 4.72 Å². The molecule has 1 heterocycles. The monoisotopic (exact) mass is 307 g/mol. The van der Waals surface area contributed by atoms with Crippen molar-refractivity contribution in [2.45, 2.75) is 11.8 Å². The molecule has 0 unspecified atom stereocenters. The van der Waals surface area contributed by atoms with Crippen molar-refractivity contribution in [1.29, 1.82) is 0 Å². The lowest BCUT2D eigenvalue weighted by molar-refractivity contribution is 0.600. The average molecular weight is 307 g/mol. The molecule has 1 aromatic carbocycles. The van der Waals surface area contributed by atoms with E-state index in [1.807, 2.05) is 19.1 Å². The molecule has 0 bridgehead atoms. The number of aryl methyl sites for hydroxylation is 1. The fourth-order valence-electron chi connectivity index (χ4n) is 1.62. The Bertz CT molecular complexity index is 740. The molecule has 0 atom stereocenters. The molecule has 0 saturated heterocycles. The maximum atomic E-state index is 12.3. The number of rotatable bonds is 4. The van der Waals surface area contributed by atoms with Crippen LogP contribution in [-0.2, 0) is 10.0 Å². The highest BCUT2D eigenvalue weighted by molar-refractivity contribution is 7.93. The normalized spacial score (nSPS) is 11.1. The maximum absolute atomic E-state index is 12.3. The van der Waals surface area contributed by atoms with Gasteiger partial charge in [0, 0.05) is 11.9 Å². The van der Waals surface area contributed by atoms with Crippen LogP contribution in [0.1, 0.15) is 11.3 Å². The van der Waals surface area contributed by atoms with E-state index in [9.17, 15) is 8.42 Å². The van der Waals surface area contributed by atoms with Crippen molar-refractivity contribution < 1.29 is 8.42 Å². The second-order valence-electron chi connectivity index (χ2n) is 4.19. The molecule has 0 fully saturated rings. The van der Waals surface area contributed by atoms with Crippen LogP contribution in [0.4, 0.5) is 5.69 Å². The molecule has 0 aliphatic carbocycles. The molecule has 1 aromatic heterocycles. The Morgan fingerprint density at radius 1 is 1.25 bits per heavy atom. The topological polar surface area (TPSA) is 85.1 Å². The Morgan fingerprint density at radius 3 is 2.50 bits per heavy atom. The van der Waals surface area contributed by atoms with Crippen LogP contribution in [0.15, 0.2) is 47.5 Å². The number of nitrogens with zero attached hydrogens (tertiary/aromatic N) is 1. The molecular formula is C13H13N3O2S2. The third kappa shape index (κ3) is 3.12. The van der Waals surface area contributed by atoms with Gasteiger partial charge in [0.1, 0.15) is 15.6 Å². The summed E-state index contributed by atoms with van der Waals surface area (Å²) in [5.74, 6) is 0. The van der Waals surface area contributed by atoms with Crippen molar-refractivity contribution in [2.24, 2.45) is 5.73 Å². The zero-order valence-corrected chi connectivity index (χ0v) is 12.3. The van der Waals surface area contributed by atoms with Gasteiger partial charge in [-0.1, -0.05) is 29.9 Å². The fraction of sp³-hybridized carbons (Fsp3) is 0.0769. The van der Waals surface area contributed by atoms with Gasteiger partial charge >= 0.3 is 0 Å². The molecule has 2 rings (SSSR count). The van der Waals surface area contributed by atoms with Crippen LogP contribution in [0.5, 0.6) is 0 Å². The van der Waals surface area contributed by atoms with Crippen molar-refractivity contribution in [3.63, 3.8) is 0 Å². The summed E-state index contributed by atoms with van der Waals surface area (Å²) in [7, 11) is -3.78. The number of thiocarbonyl (C=S) groups is 1. The minimum atomic E-state index is -3.78. The number of aromatic nitrogens is 1. The van der Waals surface area contributed by atoms with Gasteiger partial charge in [0.25, 0.3) is 10.0 Å². The molecule has 0 aliphatic heterocycles. The highest BCUT2D eigenvalue weighted by atomic mass is 32.2. The summed E-state index contributed by atoms with van der Waals surface area (Å²) < 4.78 is 27.2. The lowest BCUT2D eigenvalue weighted by Crippen LogP contribution is -2.21. The Labute approximate surface area is 122 Å². The molecule has 7 heteroatoms. The summed E-state index contributed by atoms with van der Waals surface area (Å²) in [4.78, 5) is 3.82. The fourth-order valence-corrected chi connectivity index (χ4v) is 3.08. The summed E-state index contributed by atoms with van der Waals surface area (Å²) >= 11 is 4.82. The van der Waals surface area contributed by atoms with Crippen LogP contribution in [-0.4, -0.2) is 18.4 Å². The summed E-state index contributed by atoms with van der Waals surface area (Å²) in [6.07, 6.45) is 1.44. The molecular weight excluding hydrogens is 294 g/mol. The zero-order valence-electron chi connectivity index (χ0n) is 10.7. The zero-order chi connectivity index (χ0) is 14.8. The first-order valence-corrected chi connectivity index (χ1v) is 7.63. The molecule has 3 N–H and O–H groups in total. The van der Waals surface area contributed by atoms with Gasteiger partial charge in [-0.05, 0) is 31.2 Å². The molecule has 0 spiro atoms. The van der Waals surface area contributed by atoms with Crippen LogP contribution in [0.25, 0.3) is 0 Å². The largest absolute Gasteiger partial charge is 0.388 e. The number of nitrogens with one attached hydrogen (secondary N) is 1. The van der Waals surface area contributed by atoms with Gasteiger partial charge in [0.15, 0.2) is 0 Å². The maximum Gasteiger partial charge on any atom is 0.264 e. The van der Waals surface area contributed by atoms with Crippen molar-refractivity contribution in [3.05, 3.63) is 53.9 Å². The minimum Gasteiger partial charge on any atom is -0.388 e. The summed E-state index contributed by atoms with van der Waals surface area (Å²) in [6.45, 7) is 1.92. The first-order valence-electron chi connectivity index (χ1n) is 5.74. The Hall–Kier alpha value is -1.99. The number of hydrogen-bond acceptors (Lipinski definition) is 4. The van der Waals surface area contributed by atoms with Crippen LogP contribution in [0.2, 0.25) is 0 Å². The summed E-state index contributed by atoms with van der Waals surface area (Å²) in [5, 5.41) is 0. The number of benzene rings is 1. The van der Waals surface area contributed by atoms with E-state index in [0.717, 1.165) is 5.56 Å². The standard InChI is InChI=1S/C13H13N3O2S2/c1-9-4-6-10(7-5-9)16-20(17,18)11-3-2-8-15-12(11)13(14)19/h2-8,16H,1H3,(H2,14,19). The first kappa shape index (κ1) is 14.4. The van der Waals surface area contributed by atoms with Crippen molar-refractivity contribution in [3.8, 4) is 0 Å². The number of anilines is 1. The third-order valence-electron chi connectivity index (χ3n) is 2.60. The highest BCUT2D eigenvalue weighted by Gasteiger charge is 2.20. The second kappa shape index (κ2) is 5.56. The van der Waals surface area contributed by atoms with E-state index < -0.39 is 10.0 Å². The van der Waals surface area contributed by atoms with Crippen LogP contribution < -0.4 is 10.5 Å². The average Bonchev–Trinajstić information content (AvgIpc) is 2.41. The molecule has 0 saturated carbocycles. The van der Waals surface area contributed by atoms with Gasteiger partial charge in [0.2, 0.25) is 0 Å². The Morgan fingerprint density at radius 2 is 1.90 bits per heavy atom. The lowest BCUT2D eigenvalue weighted by Gasteiger charge is -2.10. The number of hydrogen-bond donors (Lipinski definition) is 2. The SMILES string of the molecule is Cc1ccc(NS(=O)(=O)c2cccnc2C(N)=S)cc1. The quantitative estimate of drug-likeness (QED) is 0.842. The van der Waals surface area contributed by atoms with Gasteiger partial charge in [-0.3, -0.25) is 9.71 Å². The van der Waals surface area contributed by atoms with E-state index in [2.05, 4.69) is 9.71 Å². The Kier molecular flexibility index (Phi) is 4.01. The van der Waals surface area contributed by atoms with E-state index in [0.29, 0.717) is 5.69 Å². The Balaban J connectivity index is 2.41. The first-order chi connectivity index (χ1) is 9.40. The van der Waals surface area contributed by atoms with E-state index in [4.69, 9.17) is 18.0 Å². The van der Waals surface area contributed by atoms with E-state index in [1.165, 1.54) is 18.3 Å². The number of sulfonamides is 1. The predicted molar refractivity (Wildman–Crippen MR) is 82.1 cm³/mol. The summed E-state index contributed by atoms with van der Waals surface area (Å²) in [5.41, 5.74) is 7.09. The number of pyridine rings is 1. The molecule has 0 radical (unpaired) electrons. The molecule has 0 aliphatic rings. The molecule has 5 nitrogen and oxygen atoms in total.